The van der Waals surface area contributed by atoms with Crippen LogP contribution in [-0.4, -0.2) is 24.2 Å². The number of rotatable bonds is 6. The minimum atomic E-state index is -0.365. The molecule has 6 heteroatoms. The molecule has 0 aromatic heterocycles. The van der Waals surface area contributed by atoms with E-state index >= 15 is 0 Å². The van der Waals surface area contributed by atoms with E-state index in [0.29, 0.717) is 23.6 Å². The summed E-state index contributed by atoms with van der Waals surface area (Å²) in [5.41, 5.74) is 1.12. The summed E-state index contributed by atoms with van der Waals surface area (Å²) in [4.78, 5) is 24.5. The molecule has 1 amide bonds. The Bertz CT molecular complexity index is 671. The SMILES string of the molecule is CCOC(=O)c1ccc(NC(=O)CSc2ccc(Br)cc2)cc1. The van der Waals surface area contributed by atoms with Crippen molar-refractivity contribution in [1.82, 2.24) is 0 Å². The Kier molecular flexibility index (Phi) is 6.67. The van der Waals surface area contributed by atoms with Crippen molar-refractivity contribution in [2.75, 3.05) is 17.7 Å². The third-order valence-electron chi connectivity index (χ3n) is 2.86. The first-order valence-electron chi connectivity index (χ1n) is 7.04. The van der Waals surface area contributed by atoms with Gasteiger partial charge in [0, 0.05) is 15.1 Å². The van der Waals surface area contributed by atoms with Crippen LogP contribution in [0.5, 0.6) is 0 Å². The topological polar surface area (TPSA) is 55.4 Å². The van der Waals surface area contributed by atoms with Gasteiger partial charge in [-0.15, -0.1) is 11.8 Å². The van der Waals surface area contributed by atoms with Crippen LogP contribution in [-0.2, 0) is 9.53 Å². The van der Waals surface area contributed by atoms with Crippen LogP contribution in [0.2, 0.25) is 0 Å². The molecule has 0 fully saturated rings. The molecule has 2 aromatic carbocycles. The Morgan fingerprint density at radius 3 is 2.35 bits per heavy atom. The molecular formula is C17H16BrNO3S. The van der Waals surface area contributed by atoms with Crippen LogP contribution in [0.25, 0.3) is 0 Å². The molecule has 0 aliphatic heterocycles. The summed E-state index contributed by atoms with van der Waals surface area (Å²) in [5, 5.41) is 2.80. The van der Waals surface area contributed by atoms with Crippen LogP contribution in [0.3, 0.4) is 0 Å². The third kappa shape index (κ3) is 5.73. The number of carbonyl (C=O) groups excluding carboxylic acids is 2. The predicted octanol–water partition coefficient (Wildman–Crippen LogP) is 4.36. The van der Waals surface area contributed by atoms with E-state index < -0.39 is 0 Å². The quantitative estimate of drug-likeness (QED) is 0.585. The molecule has 0 radical (unpaired) electrons. The molecular weight excluding hydrogens is 378 g/mol. The Hall–Kier alpha value is -1.79. The molecule has 0 bridgehead atoms. The zero-order valence-corrected chi connectivity index (χ0v) is 14.9. The average Bonchev–Trinajstić information content (AvgIpc) is 2.55. The highest BCUT2D eigenvalue weighted by molar-refractivity contribution is 9.10. The fourth-order valence-electron chi connectivity index (χ4n) is 1.78. The van der Waals surface area contributed by atoms with Crippen LogP contribution in [0.4, 0.5) is 5.69 Å². The van der Waals surface area contributed by atoms with Gasteiger partial charge in [-0.1, -0.05) is 15.9 Å². The Morgan fingerprint density at radius 1 is 1.09 bits per heavy atom. The maximum Gasteiger partial charge on any atom is 0.338 e. The van der Waals surface area contributed by atoms with Crippen molar-refractivity contribution in [3.05, 3.63) is 58.6 Å². The molecule has 0 heterocycles. The first kappa shape index (κ1) is 17.6. The number of nitrogens with one attached hydrogen (secondary N) is 1. The standard InChI is InChI=1S/C17H16BrNO3S/c1-2-22-17(21)12-3-7-14(8-4-12)19-16(20)11-23-15-9-5-13(18)6-10-15/h3-10H,2,11H2,1H3,(H,19,20). The van der Waals surface area contributed by atoms with E-state index in [0.717, 1.165) is 9.37 Å². The van der Waals surface area contributed by atoms with E-state index in [4.69, 9.17) is 4.74 Å². The normalized spacial score (nSPS) is 10.2. The summed E-state index contributed by atoms with van der Waals surface area (Å²) in [7, 11) is 0. The monoisotopic (exact) mass is 393 g/mol. The Labute approximate surface area is 147 Å². The van der Waals surface area contributed by atoms with Crippen LogP contribution in [0.1, 0.15) is 17.3 Å². The summed E-state index contributed by atoms with van der Waals surface area (Å²) in [6, 6.07) is 14.4. The molecule has 0 spiro atoms. The molecule has 0 unspecified atom stereocenters. The van der Waals surface area contributed by atoms with Crippen molar-refractivity contribution in [2.24, 2.45) is 0 Å². The van der Waals surface area contributed by atoms with Gasteiger partial charge in [0.15, 0.2) is 0 Å². The zero-order valence-electron chi connectivity index (χ0n) is 12.5. The first-order valence-corrected chi connectivity index (χ1v) is 8.81. The maximum absolute atomic E-state index is 11.9. The maximum atomic E-state index is 11.9. The molecule has 2 aromatic rings. The van der Waals surface area contributed by atoms with Gasteiger partial charge in [-0.05, 0) is 55.5 Å². The van der Waals surface area contributed by atoms with Gasteiger partial charge in [-0.3, -0.25) is 4.79 Å². The van der Waals surface area contributed by atoms with Gasteiger partial charge in [0.1, 0.15) is 0 Å². The molecule has 0 aliphatic rings. The highest BCUT2D eigenvalue weighted by Gasteiger charge is 2.07. The first-order chi connectivity index (χ1) is 11.1. The second kappa shape index (κ2) is 8.74. The van der Waals surface area contributed by atoms with Crippen LogP contribution in [0.15, 0.2) is 57.9 Å². The second-order valence-electron chi connectivity index (χ2n) is 4.59. The highest BCUT2D eigenvalue weighted by Crippen LogP contribution is 2.21. The van der Waals surface area contributed by atoms with E-state index in [1.165, 1.54) is 11.8 Å². The number of anilines is 1. The van der Waals surface area contributed by atoms with Crippen LogP contribution < -0.4 is 5.32 Å². The molecule has 0 saturated carbocycles. The fraction of sp³-hybridized carbons (Fsp3) is 0.176. The lowest BCUT2D eigenvalue weighted by Gasteiger charge is -2.06. The van der Waals surface area contributed by atoms with E-state index in [1.807, 2.05) is 24.3 Å². The van der Waals surface area contributed by atoms with Crippen LogP contribution in [0, 0.1) is 0 Å². The number of hydrogen-bond acceptors (Lipinski definition) is 4. The molecule has 0 saturated heterocycles. The second-order valence-corrected chi connectivity index (χ2v) is 6.55. The lowest BCUT2D eigenvalue weighted by molar-refractivity contribution is -0.113. The van der Waals surface area contributed by atoms with Crippen molar-refractivity contribution in [1.29, 1.82) is 0 Å². The number of halogens is 1. The average molecular weight is 394 g/mol. The number of hydrogen-bond donors (Lipinski definition) is 1. The molecule has 4 nitrogen and oxygen atoms in total. The fourth-order valence-corrected chi connectivity index (χ4v) is 2.74. The number of carbonyl (C=O) groups is 2. The van der Waals surface area contributed by atoms with Gasteiger partial charge < -0.3 is 10.1 Å². The van der Waals surface area contributed by atoms with E-state index in [9.17, 15) is 9.59 Å². The molecule has 23 heavy (non-hydrogen) atoms. The number of esters is 1. The number of ether oxygens (including phenoxy) is 1. The lowest BCUT2D eigenvalue weighted by atomic mass is 10.2. The molecule has 1 N–H and O–H groups in total. The van der Waals surface area contributed by atoms with Crippen molar-refractivity contribution in [3.63, 3.8) is 0 Å². The lowest BCUT2D eigenvalue weighted by Crippen LogP contribution is -2.14. The summed E-state index contributed by atoms with van der Waals surface area (Å²) >= 11 is 4.84. The van der Waals surface area contributed by atoms with E-state index in [2.05, 4.69) is 21.2 Å². The van der Waals surface area contributed by atoms with Crippen molar-refractivity contribution in [3.8, 4) is 0 Å². The minimum Gasteiger partial charge on any atom is -0.462 e. The van der Waals surface area contributed by atoms with Gasteiger partial charge in [0.2, 0.25) is 5.91 Å². The molecule has 120 valence electrons. The number of benzene rings is 2. The van der Waals surface area contributed by atoms with E-state index in [1.54, 1.807) is 31.2 Å². The van der Waals surface area contributed by atoms with Crippen molar-refractivity contribution < 1.29 is 14.3 Å². The minimum absolute atomic E-state index is 0.0956. The van der Waals surface area contributed by atoms with Crippen LogP contribution >= 0.6 is 27.7 Å². The Balaban J connectivity index is 1.85. The highest BCUT2D eigenvalue weighted by atomic mass is 79.9. The number of amides is 1. The largest absolute Gasteiger partial charge is 0.462 e. The predicted molar refractivity (Wildman–Crippen MR) is 95.9 cm³/mol. The summed E-state index contributed by atoms with van der Waals surface area (Å²) in [5.74, 6) is -0.140. The Morgan fingerprint density at radius 2 is 1.74 bits per heavy atom. The number of thioether (sulfide) groups is 1. The molecule has 2 rings (SSSR count). The zero-order chi connectivity index (χ0) is 16.7. The summed E-state index contributed by atoms with van der Waals surface area (Å²) in [6.07, 6.45) is 0. The van der Waals surface area contributed by atoms with E-state index in [-0.39, 0.29) is 11.9 Å². The van der Waals surface area contributed by atoms with Crippen molar-refractivity contribution >= 4 is 45.3 Å². The van der Waals surface area contributed by atoms with Gasteiger partial charge in [0.05, 0.1) is 17.9 Å². The summed E-state index contributed by atoms with van der Waals surface area (Å²) < 4.78 is 5.92. The van der Waals surface area contributed by atoms with Gasteiger partial charge >= 0.3 is 5.97 Å². The third-order valence-corrected chi connectivity index (χ3v) is 4.40. The van der Waals surface area contributed by atoms with Gasteiger partial charge in [0.25, 0.3) is 0 Å². The van der Waals surface area contributed by atoms with Crippen molar-refractivity contribution in [2.45, 2.75) is 11.8 Å². The smallest absolute Gasteiger partial charge is 0.338 e. The molecule has 0 aliphatic carbocycles. The summed E-state index contributed by atoms with van der Waals surface area (Å²) in [6.45, 7) is 2.10. The van der Waals surface area contributed by atoms with Gasteiger partial charge in [-0.25, -0.2) is 4.79 Å². The van der Waals surface area contributed by atoms with Gasteiger partial charge in [-0.2, -0.15) is 0 Å². The molecule has 0 atom stereocenters.